The van der Waals surface area contributed by atoms with Gasteiger partial charge < -0.3 is 15.0 Å². The van der Waals surface area contributed by atoms with E-state index < -0.39 is 0 Å². The number of aryl methyl sites for hydroxylation is 1. The minimum absolute atomic E-state index is 0.0566. The van der Waals surface area contributed by atoms with Crippen molar-refractivity contribution in [1.82, 2.24) is 14.7 Å². The van der Waals surface area contributed by atoms with Crippen molar-refractivity contribution >= 4 is 28.6 Å². The molecule has 0 aliphatic rings. The van der Waals surface area contributed by atoms with Gasteiger partial charge in [-0.25, -0.2) is 4.68 Å². The minimum atomic E-state index is -0.319. The van der Waals surface area contributed by atoms with E-state index in [0.717, 1.165) is 27.9 Å². The van der Waals surface area contributed by atoms with Crippen molar-refractivity contribution in [2.75, 3.05) is 26.5 Å². The third-order valence-corrected chi connectivity index (χ3v) is 5.13. The summed E-state index contributed by atoms with van der Waals surface area (Å²) in [6.07, 6.45) is 1.72. The quantitative estimate of drug-likeness (QED) is 0.638. The van der Waals surface area contributed by atoms with Gasteiger partial charge in [-0.05, 0) is 66.7 Å². The van der Waals surface area contributed by atoms with Gasteiger partial charge in [-0.1, -0.05) is 6.07 Å². The van der Waals surface area contributed by atoms with Gasteiger partial charge in [0.05, 0.1) is 7.11 Å². The molecule has 2 amide bonds. The monoisotopic (exact) mass is 410 g/mol. The van der Waals surface area contributed by atoms with Crippen LogP contribution in [0.15, 0.2) is 59.6 Å². The van der Waals surface area contributed by atoms with Gasteiger partial charge in [0, 0.05) is 30.9 Å². The van der Waals surface area contributed by atoms with Crippen molar-refractivity contribution in [2.45, 2.75) is 11.8 Å². The van der Waals surface area contributed by atoms with Crippen LogP contribution in [0.1, 0.15) is 16.1 Å². The van der Waals surface area contributed by atoms with Crippen molar-refractivity contribution in [2.24, 2.45) is 0 Å². The number of amides is 2. The van der Waals surface area contributed by atoms with E-state index in [-0.39, 0.29) is 16.8 Å². The van der Waals surface area contributed by atoms with Crippen molar-refractivity contribution in [3.05, 3.63) is 66.0 Å². The predicted molar refractivity (Wildman–Crippen MR) is 114 cm³/mol. The minimum Gasteiger partial charge on any atom is -0.494 e. The van der Waals surface area contributed by atoms with Gasteiger partial charge in [0.1, 0.15) is 11.4 Å². The lowest BCUT2D eigenvalue weighted by Gasteiger charge is -2.10. The third kappa shape index (κ3) is 4.97. The lowest BCUT2D eigenvalue weighted by Crippen LogP contribution is -2.16. The fraction of sp³-hybridized carbons (Fsp3) is 0.190. The van der Waals surface area contributed by atoms with Gasteiger partial charge in [-0.15, -0.1) is 0 Å². The number of thioether (sulfide) groups is 1. The smallest absolute Gasteiger partial charge is 0.285 e. The zero-order valence-electron chi connectivity index (χ0n) is 16.7. The zero-order valence-corrected chi connectivity index (χ0v) is 17.5. The van der Waals surface area contributed by atoms with Crippen LogP contribution in [0, 0.1) is 6.92 Å². The summed E-state index contributed by atoms with van der Waals surface area (Å²) in [5.41, 5.74) is 2.74. The number of hydrogen-bond donors (Lipinski definition) is 1. The Labute approximate surface area is 173 Å². The van der Waals surface area contributed by atoms with Crippen LogP contribution in [0.25, 0.3) is 5.69 Å². The van der Waals surface area contributed by atoms with Crippen LogP contribution in [-0.4, -0.2) is 47.0 Å². The first kappa shape index (κ1) is 20.5. The molecule has 29 heavy (non-hydrogen) atoms. The van der Waals surface area contributed by atoms with E-state index in [0.29, 0.717) is 11.4 Å². The Hall–Kier alpha value is -3.26. The number of nitrogens with one attached hydrogen (secondary N) is 1. The second-order valence-corrected chi connectivity index (χ2v) is 7.59. The lowest BCUT2D eigenvalue weighted by molar-refractivity contribution is 0.102. The molecule has 2 aromatic carbocycles. The Morgan fingerprint density at radius 3 is 2.48 bits per heavy atom. The predicted octanol–water partition coefficient (Wildman–Crippen LogP) is 4.22. The van der Waals surface area contributed by atoms with Gasteiger partial charge in [-0.3, -0.25) is 9.59 Å². The Kier molecular flexibility index (Phi) is 6.23. The molecule has 7 nitrogen and oxygen atoms in total. The number of hydrogen-bond acceptors (Lipinski definition) is 5. The maximum atomic E-state index is 12.5. The van der Waals surface area contributed by atoms with E-state index in [2.05, 4.69) is 10.4 Å². The number of nitrogens with zero attached hydrogens (tertiary/aromatic N) is 3. The molecule has 0 bridgehead atoms. The van der Waals surface area contributed by atoms with E-state index in [4.69, 9.17) is 4.74 Å². The van der Waals surface area contributed by atoms with Crippen LogP contribution in [-0.2, 0) is 0 Å². The number of carbonyl (C=O) groups is 2. The lowest BCUT2D eigenvalue weighted by atomic mass is 10.2. The number of ether oxygens (including phenoxy) is 1. The van der Waals surface area contributed by atoms with Gasteiger partial charge in [-0.2, -0.15) is 5.10 Å². The Balaban J connectivity index is 1.71. The van der Waals surface area contributed by atoms with Crippen LogP contribution < -0.4 is 10.1 Å². The van der Waals surface area contributed by atoms with Crippen LogP contribution >= 0.6 is 11.8 Å². The van der Waals surface area contributed by atoms with E-state index in [9.17, 15) is 9.59 Å². The number of benzene rings is 2. The molecule has 0 fully saturated rings. The largest absolute Gasteiger partial charge is 0.494 e. The summed E-state index contributed by atoms with van der Waals surface area (Å²) in [4.78, 5) is 26.6. The summed E-state index contributed by atoms with van der Waals surface area (Å²) >= 11 is 1.13. The molecule has 150 valence electrons. The first-order valence-electron chi connectivity index (χ1n) is 8.88. The van der Waals surface area contributed by atoms with Gasteiger partial charge >= 0.3 is 0 Å². The molecular weight excluding hydrogens is 388 g/mol. The van der Waals surface area contributed by atoms with Crippen LogP contribution in [0.2, 0.25) is 0 Å². The zero-order chi connectivity index (χ0) is 21.0. The van der Waals surface area contributed by atoms with Crippen LogP contribution in [0.5, 0.6) is 5.75 Å². The molecule has 0 unspecified atom stereocenters. The number of anilines is 1. The Morgan fingerprint density at radius 1 is 1.10 bits per heavy atom. The molecule has 0 radical (unpaired) electrons. The maximum Gasteiger partial charge on any atom is 0.285 e. The molecule has 0 aliphatic carbocycles. The molecule has 3 aromatic rings. The molecule has 1 aromatic heterocycles. The van der Waals surface area contributed by atoms with E-state index in [1.54, 1.807) is 62.4 Å². The average molecular weight is 410 g/mol. The normalized spacial score (nSPS) is 10.5. The van der Waals surface area contributed by atoms with Gasteiger partial charge in [0.25, 0.3) is 11.1 Å². The summed E-state index contributed by atoms with van der Waals surface area (Å²) < 4.78 is 7.00. The molecule has 0 spiro atoms. The highest BCUT2D eigenvalue weighted by molar-refractivity contribution is 8.13. The first-order chi connectivity index (χ1) is 13.9. The molecule has 0 aliphatic heterocycles. The molecule has 8 heteroatoms. The van der Waals surface area contributed by atoms with E-state index >= 15 is 0 Å². The van der Waals surface area contributed by atoms with Gasteiger partial charge in [0.15, 0.2) is 5.69 Å². The first-order valence-corrected chi connectivity index (χ1v) is 9.70. The highest BCUT2D eigenvalue weighted by Crippen LogP contribution is 2.24. The van der Waals surface area contributed by atoms with Crippen molar-refractivity contribution in [1.29, 1.82) is 0 Å². The fourth-order valence-electron chi connectivity index (χ4n) is 2.55. The second kappa shape index (κ2) is 8.83. The average Bonchev–Trinajstić information content (AvgIpc) is 3.19. The summed E-state index contributed by atoms with van der Waals surface area (Å²) in [7, 11) is 5.00. The summed E-state index contributed by atoms with van der Waals surface area (Å²) in [5.74, 6) is 0.353. The summed E-state index contributed by atoms with van der Waals surface area (Å²) in [5, 5.41) is 7.13. The van der Waals surface area contributed by atoms with E-state index in [1.807, 2.05) is 25.1 Å². The molecule has 0 atom stereocenters. The second-order valence-electron chi connectivity index (χ2n) is 6.56. The Bertz CT molecular complexity index is 1030. The highest BCUT2D eigenvalue weighted by atomic mass is 32.2. The number of methoxy groups -OCH3 is 1. The SMILES string of the molecule is COc1ccc(C)cc1-n1ccc(C(=O)Nc2ccc(SC(=O)N(C)C)cc2)n1. The molecule has 0 saturated carbocycles. The topological polar surface area (TPSA) is 76.5 Å². The van der Waals surface area contributed by atoms with Crippen LogP contribution in [0.4, 0.5) is 10.5 Å². The molecule has 1 heterocycles. The molecule has 3 rings (SSSR count). The number of rotatable bonds is 5. The van der Waals surface area contributed by atoms with Crippen molar-refractivity contribution in [3.8, 4) is 11.4 Å². The van der Waals surface area contributed by atoms with Crippen molar-refractivity contribution in [3.63, 3.8) is 0 Å². The number of aromatic nitrogens is 2. The third-order valence-electron chi connectivity index (χ3n) is 4.09. The van der Waals surface area contributed by atoms with E-state index in [1.165, 1.54) is 4.90 Å². The molecule has 1 N–H and O–H groups in total. The molecule has 0 saturated heterocycles. The fourth-order valence-corrected chi connectivity index (χ4v) is 3.21. The van der Waals surface area contributed by atoms with Crippen molar-refractivity contribution < 1.29 is 14.3 Å². The molecular formula is C21H22N4O3S. The maximum absolute atomic E-state index is 12.5. The van der Waals surface area contributed by atoms with Gasteiger partial charge in [0.2, 0.25) is 0 Å². The van der Waals surface area contributed by atoms with Crippen LogP contribution in [0.3, 0.4) is 0 Å². The summed E-state index contributed by atoms with van der Waals surface area (Å²) in [6, 6.07) is 14.5. The summed E-state index contributed by atoms with van der Waals surface area (Å²) in [6.45, 7) is 1.98. The number of carbonyl (C=O) groups excluding carboxylic acids is 2. The highest BCUT2D eigenvalue weighted by Gasteiger charge is 2.13. The Morgan fingerprint density at radius 2 is 1.83 bits per heavy atom. The standard InChI is InChI=1S/C21H22N4O3S/c1-14-5-10-19(28-4)18(13-14)25-12-11-17(23-25)20(26)22-15-6-8-16(9-7-15)29-21(27)24(2)3/h5-13H,1-4H3,(H,22,26).